The van der Waals surface area contributed by atoms with Crippen LogP contribution in [0, 0.1) is 0 Å². The smallest absolute Gasteiger partial charge is 0.102 e. The van der Waals surface area contributed by atoms with E-state index in [9.17, 15) is 4.39 Å². The lowest BCUT2D eigenvalue weighted by Crippen LogP contribution is -2.24. The monoisotopic (exact) mass is 118 g/mol. The number of rotatable bonds is 2. The van der Waals surface area contributed by atoms with Crippen LogP contribution < -0.4 is 5.32 Å². The zero-order valence-electron chi connectivity index (χ0n) is 4.86. The number of nitrogens with one attached hydrogen (secondary N) is 1. The van der Waals surface area contributed by atoms with Gasteiger partial charge in [0, 0.05) is 26.3 Å². The van der Waals surface area contributed by atoms with E-state index in [1.807, 2.05) is 0 Å². The maximum Gasteiger partial charge on any atom is 0.102 e. The molecule has 0 atom stereocenters. The average Bonchev–Trinajstić information content (AvgIpc) is 2.19. The molecule has 0 amide bonds. The molecule has 0 bridgehead atoms. The van der Waals surface area contributed by atoms with Gasteiger partial charge in [-0.05, 0) is 0 Å². The number of hydrogen-bond donors (Lipinski definition) is 1. The third kappa shape index (κ3) is 1.42. The molecule has 0 aromatic carbocycles. The molecule has 1 saturated heterocycles. The molecule has 8 heavy (non-hydrogen) atoms. The summed E-state index contributed by atoms with van der Waals surface area (Å²) < 4.78 is 11.6. The van der Waals surface area contributed by atoms with Gasteiger partial charge >= 0.3 is 0 Å². The molecule has 1 aliphatic rings. The molecule has 2 nitrogen and oxygen atoms in total. The first-order chi connectivity index (χ1) is 3.93. The quantitative estimate of drug-likeness (QED) is 0.541. The Morgan fingerprint density at radius 2 is 2.50 bits per heavy atom. The van der Waals surface area contributed by atoms with Crippen LogP contribution in [0.25, 0.3) is 0 Å². The Morgan fingerprint density at radius 3 is 3.00 bits per heavy atom. The molecule has 1 aliphatic heterocycles. The van der Waals surface area contributed by atoms with Crippen molar-refractivity contribution in [1.29, 1.82) is 0 Å². The molecule has 1 rings (SSSR count). The standard InChI is InChI=1S/C5H11FN2/c6-1-3-8-4-2-7-5-8/h7H,1-5H2. The molecule has 0 aromatic heterocycles. The SMILES string of the molecule is FCCN1CCNC1. The molecule has 0 unspecified atom stereocenters. The van der Waals surface area contributed by atoms with Gasteiger partial charge in [0.25, 0.3) is 0 Å². The van der Waals surface area contributed by atoms with Gasteiger partial charge in [-0.15, -0.1) is 0 Å². The molecule has 0 radical (unpaired) electrons. The fourth-order valence-electron chi connectivity index (χ4n) is 0.864. The first-order valence-corrected chi connectivity index (χ1v) is 2.92. The van der Waals surface area contributed by atoms with Crippen LogP contribution in [0.2, 0.25) is 0 Å². The lowest BCUT2D eigenvalue weighted by atomic mass is 10.6. The summed E-state index contributed by atoms with van der Waals surface area (Å²) in [5, 5.41) is 3.12. The number of alkyl halides is 1. The van der Waals surface area contributed by atoms with Crippen LogP contribution in [0.1, 0.15) is 0 Å². The Bertz CT molecular complexity index is 61.4. The molecule has 1 heterocycles. The lowest BCUT2D eigenvalue weighted by Gasteiger charge is -2.08. The minimum absolute atomic E-state index is 0.221. The minimum atomic E-state index is -0.221. The van der Waals surface area contributed by atoms with Gasteiger partial charge in [0.1, 0.15) is 6.67 Å². The summed E-state index contributed by atoms with van der Waals surface area (Å²) in [4.78, 5) is 2.06. The van der Waals surface area contributed by atoms with Crippen molar-refractivity contribution in [2.75, 3.05) is 33.0 Å². The highest BCUT2D eigenvalue weighted by Crippen LogP contribution is 1.90. The van der Waals surface area contributed by atoms with Gasteiger partial charge in [-0.3, -0.25) is 4.90 Å². The normalized spacial score (nSPS) is 22.1. The van der Waals surface area contributed by atoms with E-state index in [1.54, 1.807) is 0 Å². The van der Waals surface area contributed by atoms with E-state index < -0.39 is 0 Å². The zero-order chi connectivity index (χ0) is 5.82. The largest absolute Gasteiger partial charge is 0.303 e. The topological polar surface area (TPSA) is 15.3 Å². The Morgan fingerprint density at radius 1 is 1.62 bits per heavy atom. The maximum absolute atomic E-state index is 11.6. The fraction of sp³-hybridized carbons (Fsp3) is 1.00. The zero-order valence-corrected chi connectivity index (χ0v) is 4.86. The minimum Gasteiger partial charge on any atom is -0.303 e. The van der Waals surface area contributed by atoms with E-state index >= 15 is 0 Å². The highest BCUT2D eigenvalue weighted by atomic mass is 19.1. The molecule has 1 fully saturated rings. The van der Waals surface area contributed by atoms with Crippen molar-refractivity contribution < 1.29 is 4.39 Å². The van der Waals surface area contributed by atoms with E-state index in [0.717, 1.165) is 19.8 Å². The van der Waals surface area contributed by atoms with Crippen molar-refractivity contribution in [3.05, 3.63) is 0 Å². The highest BCUT2D eigenvalue weighted by Gasteiger charge is 2.08. The second-order valence-electron chi connectivity index (χ2n) is 1.97. The van der Waals surface area contributed by atoms with Gasteiger partial charge in [-0.25, -0.2) is 4.39 Å². The van der Waals surface area contributed by atoms with E-state index in [-0.39, 0.29) is 6.67 Å². The Labute approximate surface area is 48.7 Å². The number of hydrogen-bond acceptors (Lipinski definition) is 2. The average molecular weight is 118 g/mol. The van der Waals surface area contributed by atoms with Crippen molar-refractivity contribution in [2.24, 2.45) is 0 Å². The van der Waals surface area contributed by atoms with Crippen LogP contribution in [-0.2, 0) is 0 Å². The van der Waals surface area contributed by atoms with Gasteiger partial charge in [-0.2, -0.15) is 0 Å². The van der Waals surface area contributed by atoms with Crippen LogP contribution in [0.3, 0.4) is 0 Å². The van der Waals surface area contributed by atoms with Crippen LogP contribution in [-0.4, -0.2) is 37.9 Å². The molecule has 0 saturated carbocycles. The van der Waals surface area contributed by atoms with Gasteiger partial charge < -0.3 is 5.32 Å². The molecule has 0 aliphatic carbocycles. The van der Waals surface area contributed by atoms with Crippen molar-refractivity contribution in [2.45, 2.75) is 0 Å². The van der Waals surface area contributed by atoms with Crippen molar-refractivity contribution >= 4 is 0 Å². The molecular weight excluding hydrogens is 107 g/mol. The summed E-state index contributed by atoms with van der Waals surface area (Å²) in [7, 11) is 0. The molecular formula is C5H11FN2. The van der Waals surface area contributed by atoms with Gasteiger partial charge in [0.05, 0.1) is 0 Å². The summed E-state index contributed by atoms with van der Waals surface area (Å²) in [5.41, 5.74) is 0. The van der Waals surface area contributed by atoms with Crippen LogP contribution in [0.15, 0.2) is 0 Å². The Kier molecular flexibility index (Phi) is 2.24. The highest BCUT2D eigenvalue weighted by molar-refractivity contribution is 4.64. The van der Waals surface area contributed by atoms with E-state index in [4.69, 9.17) is 0 Å². The second-order valence-corrected chi connectivity index (χ2v) is 1.97. The first kappa shape index (κ1) is 5.98. The third-order valence-corrected chi connectivity index (χ3v) is 1.34. The van der Waals surface area contributed by atoms with Crippen LogP contribution >= 0.6 is 0 Å². The summed E-state index contributed by atoms with van der Waals surface area (Å²) >= 11 is 0. The van der Waals surface area contributed by atoms with Crippen molar-refractivity contribution in [3.8, 4) is 0 Å². The summed E-state index contributed by atoms with van der Waals surface area (Å²) in [6, 6.07) is 0. The van der Waals surface area contributed by atoms with E-state index in [1.165, 1.54) is 0 Å². The molecule has 3 heteroatoms. The summed E-state index contributed by atoms with van der Waals surface area (Å²) in [6.07, 6.45) is 0. The molecule has 0 spiro atoms. The lowest BCUT2D eigenvalue weighted by molar-refractivity contribution is 0.295. The summed E-state index contributed by atoms with van der Waals surface area (Å²) in [6.45, 7) is 3.25. The fourth-order valence-corrected chi connectivity index (χ4v) is 0.864. The van der Waals surface area contributed by atoms with E-state index in [2.05, 4.69) is 10.2 Å². The first-order valence-electron chi connectivity index (χ1n) is 2.92. The number of halogens is 1. The Balaban J connectivity index is 2.06. The molecule has 0 aromatic rings. The number of nitrogens with zero attached hydrogens (tertiary/aromatic N) is 1. The van der Waals surface area contributed by atoms with Gasteiger partial charge in [0.2, 0.25) is 0 Å². The van der Waals surface area contributed by atoms with Crippen LogP contribution in [0.4, 0.5) is 4.39 Å². The summed E-state index contributed by atoms with van der Waals surface area (Å²) in [5.74, 6) is 0. The molecule has 48 valence electrons. The van der Waals surface area contributed by atoms with Crippen molar-refractivity contribution in [3.63, 3.8) is 0 Å². The van der Waals surface area contributed by atoms with Crippen LogP contribution in [0.5, 0.6) is 0 Å². The predicted octanol–water partition coefficient (Wildman–Crippen LogP) is -0.181. The molecule has 1 N–H and O–H groups in total. The second kappa shape index (κ2) is 2.99. The predicted molar refractivity (Wildman–Crippen MR) is 30.4 cm³/mol. The third-order valence-electron chi connectivity index (χ3n) is 1.34. The Hall–Kier alpha value is -0.150. The van der Waals surface area contributed by atoms with E-state index in [0.29, 0.717) is 6.54 Å². The van der Waals surface area contributed by atoms with Gasteiger partial charge in [-0.1, -0.05) is 0 Å². The van der Waals surface area contributed by atoms with Gasteiger partial charge in [0.15, 0.2) is 0 Å². The maximum atomic E-state index is 11.6. The van der Waals surface area contributed by atoms with Crippen molar-refractivity contribution in [1.82, 2.24) is 10.2 Å².